The van der Waals surface area contributed by atoms with Gasteiger partial charge >= 0.3 is 0 Å². The number of aliphatic hydroxyl groups is 3. The van der Waals surface area contributed by atoms with Crippen molar-refractivity contribution >= 4 is 5.91 Å². The lowest BCUT2D eigenvalue weighted by Crippen LogP contribution is -2.48. The molecule has 4 N–H and O–H groups in total. The van der Waals surface area contributed by atoms with Crippen LogP contribution in [0, 0.1) is 0 Å². The van der Waals surface area contributed by atoms with Gasteiger partial charge in [0.2, 0.25) is 5.91 Å². The summed E-state index contributed by atoms with van der Waals surface area (Å²) in [5.74, 6) is -0.195. The van der Waals surface area contributed by atoms with Crippen molar-refractivity contribution in [3.05, 3.63) is 24.0 Å². The largest absolute Gasteiger partial charge is 0.394 e. The molecule has 7 nitrogen and oxygen atoms in total. The van der Waals surface area contributed by atoms with Crippen LogP contribution in [-0.2, 0) is 9.53 Å². The Kier molecular flexibility index (Phi) is 3.06. The summed E-state index contributed by atoms with van der Waals surface area (Å²) in [6.07, 6.45) is 1.25. The molecule has 19 heavy (non-hydrogen) atoms. The monoisotopic (exact) mass is 268 g/mol. The van der Waals surface area contributed by atoms with Gasteiger partial charge in [-0.3, -0.25) is 9.69 Å². The Hall–Kier alpha value is -1.41. The second-order valence-electron chi connectivity index (χ2n) is 4.92. The number of nitrogens with one attached hydrogen (secondary N) is 1. The summed E-state index contributed by atoms with van der Waals surface area (Å²) in [5.41, 5.74) is 0.928. The van der Waals surface area contributed by atoms with Crippen LogP contribution >= 0.6 is 0 Å². The number of carbonyl (C=O) groups excluding carboxylic acids is 1. The lowest BCUT2D eigenvalue weighted by atomic mass is 10.0. The first-order valence-corrected chi connectivity index (χ1v) is 6.19. The maximum atomic E-state index is 12.0. The standard InChI is InChI=1S/C12H16N2O5/c15-5-8-10(17)11(18)12(19-8)14-4-6-1-2-13-7(6)3-9(14)16/h1-2,4,7-8,10-13,15,17-18H,3,5H2. The molecule has 7 heteroatoms. The van der Waals surface area contributed by atoms with Gasteiger partial charge in [0.05, 0.1) is 19.1 Å². The Morgan fingerprint density at radius 2 is 2.21 bits per heavy atom. The van der Waals surface area contributed by atoms with Gasteiger partial charge in [0.25, 0.3) is 0 Å². The molecule has 5 unspecified atom stereocenters. The first-order chi connectivity index (χ1) is 9.11. The second kappa shape index (κ2) is 4.61. The van der Waals surface area contributed by atoms with E-state index in [1.807, 2.05) is 6.08 Å². The van der Waals surface area contributed by atoms with Crippen LogP contribution in [0.25, 0.3) is 0 Å². The number of rotatable bonds is 2. The molecule has 3 rings (SSSR count). The molecule has 3 heterocycles. The van der Waals surface area contributed by atoms with Crippen molar-refractivity contribution in [2.45, 2.75) is 37.0 Å². The highest BCUT2D eigenvalue weighted by atomic mass is 16.6. The molecule has 0 aromatic carbocycles. The third-order valence-corrected chi connectivity index (χ3v) is 3.72. The molecule has 3 aliphatic heterocycles. The lowest BCUT2D eigenvalue weighted by Gasteiger charge is -2.32. The molecule has 5 atom stereocenters. The molecule has 1 amide bonds. The van der Waals surface area contributed by atoms with Crippen LogP contribution in [0.15, 0.2) is 24.0 Å². The topological polar surface area (TPSA) is 102 Å². The Bertz CT molecular complexity index is 449. The van der Waals surface area contributed by atoms with Crippen LogP contribution in [0.2, 0.25) is 0 Å². The number of hydrogen-bond donors (Lipinski definition) is 4. The number of hydrogen-bond acceptors (Lipinski definition) is 6. The third kappa shape index (κ3) is 1.95. The van der Waals surface area contributed by atoms with Crippen LogP contribution < -0.4 is 5.32 Å². The van der Waals surface area contributed by atoms with Crippen molar-refractivity contribution in [2.75, 3.05) is 6.61 Å². The van der Waals surface area contributed by atoms with Gasteiger partial charge in [-0.15, -0.1) is 0 Å². The van der Waals surface area contributed by atoms with Crippen LogP contribution in [-0.4, -0.2) is 63.3 Å². The van der Waals surface area contributed by atoms with E-state index in [9.17, 15) is 15.0 Å². The van der Waals surface area contributed by atoms with Crippen molar-refractivity contribution in [3.8, 4) is 0 Å². The van der Waals surface area contributed by atoms with Gasteiger partial charge in [-0.05, 0) is 17.8 Å². The van der Waals surface area contributed by atoms with E-state index < -0.39 is 31.1 Å². The van der Waals surface area contributed by atoms with Gasteiger partial charge in [-0.2, -0.15) is 0 Å². The normalized spacial score (nSPS) is 41.2. The predicted molar refractivity (Wildman–Crippen MR) is 63.4 cm³/mol. The van der Waals surface area contributed by atoms with E-state index in [0.717, 1.165) is 5.57 Å². The molecule has 0 saturated carbocycles. The summed E-state index contributed by atoms with van der Waals surface area (Å²) in [4.78, 5) is 13.3. The summed E-state index contributed by atoms with van der Waals surface area (Å²) in [5, 5.41) is 31.7. The van der Waals surface area contributed by atoms with Gasteiger partial charge in [0, 0.05) is 6.20 Å². The molecule has 3 aliphatic rings. The highest BCUT2D eigenvalue weighted by Gasteiger charge is 2.47. The Labute approximate surface area is 109 Å². The molecule has 0 aromatic rings. The van der Waals surface area contributed by atoms with Gasteiger partial charge in [0.15, 0.2) is 6.23 Å². The van der Waals surface area contributed by atoms with Crippen LogP contribution in [0.3, 0.4) is 0 Å². The maximum Gasteiger partial charge on any atom is 0.231 e. The van der Waals surface area contributed by atoms with Gasteiger partial charge in [-0.25, -0.2) is 0 Å². The van der Waals surface area contributed by atoms with E-state index >= 15 is 0 Å². The zero-order valence-corrected chi connectivity index (χ0v) is 10.1. The lowest BCUT2D eigenvalue weighted by molar-refractivity contribution is -0.147. The molecule has 0 spiro atoms. The molecule has 0 aromatic heterocycles. The fourth-order valence-electron chi connectivity index (χ4n) is 2.62. The van der Waals surface area contributed by atoms with Crippen molar-refractivity contribution in [3.63, 3.8) is 0 Å². The maximum absolute atomic E-state index is 12.0. The number of nitrogens with zero attached hydrogens (tertiary/aromatic N) is 1. The molecule has 1 saturated heterocycles. The molecule has 0 aliphatic carbocycles. The predicted octanol–water partition coefficient (Wildman–Crippen LogP) is -1.97. The average molecular weight is 268 g/mol. The highest BCUT2D eigenvalue weighted by molar-refractivity contribution is 5.81. The third-order valence-electron chi connectivity index (χ3n) is 3.72. The van der Waals surface area contributed by atoms with Crippen molar-refractivity contribution in [1.82, 2.24) is 10.2 Å². The Balaban J connectivity index is 1.84. The minimum atomic E-state index is -1.23. The summed E-state index contributed by atoms with van der Waals surface area (Å²) in [6, 6.07) is -0.0270. The number of amides is 1. The molecular weight excluding hydrogens is 252 g/mol. The number of carbonyl (C=O) groups is 1. The smallest absolute Gasteiger partial charge is 0.231 e. The SMILES string of the molecule is O=C1CC2NC=CC2=CN1C1OC(CO)C(O)C1O. The quantitative estimate of drug-likeness (QED) is 0.463. The average Bonchev–Trinajstić information content (AvgIpc) is 2.95. The summed E-state index contributed by atoms with van der Waals surface area (Å²) >= 11 is 0. The number of aliphatic hydroxyl groups excluding tert-OH is 3. The van der Waals surface area contributed by atoms with E-state index in [4.69, 9.17) is 9.84 Å². The van der Waals surface area contributed by atoms with Crippen molar-refractivity contribution in [2.24, 2.45) is 0 Å². The van der Waals surface area contributed by atoms with E-state index in [1.54, 1.807) is 12.4 Å². The van der Waals surface area contributed by atoms with Crippen LogP contribution in [0.1, 0.15) is 6.42 Å². The van der Waals surface area contributed by atoms with Crippen LogP contribution in [0.4, 0.5) is 0 Å². The van der Waals surface area contributed by atoms with Gasteiger partial charge in [-0.1, -0.05) is 0 Å². The fraction of sp³-hybridized carbons (Fsp3) is 0.583. The van der Waals surface area contributed by atoms with Crippen LogP contribution in [0.5, 0.6) is 0 Å². The zero-order valence-electron chi connectivity index (χ0n) is 10.1. The van der Waals surface area contributed by atoms with Crippen molar-refractivity contribution in [1.29, 1.82) is 0 Å². The van der Waals surface area contributed by atoms with E-state index in [-0.39, 0.29) is 18.4 Å². The van der Waals surface area contributed by atoms with E-state index in [2.05, 4.69) is 5.32 Å². The van der Waals surface area contributed by atoms with Crippen molar-refractivity contribution < 1.29 is 24.9 Å². The summed E-state index contributed by atoms with van der Waals surface area (Å²) < 4.78 is 5.36. The van der Waals surface area contributed by atoms with Gasteiger partial charge in [0.1, 0.15) is 18.3 Å². The van der Waals surface area contributed by atoms with Gasteiger partial charge < -0.3 is 25.4 Å². The Morgan fingerprint density at radius 1 is 1.42 bits per heavy atom. The first kappa shape index (κ1) is 12.6. The summed E-state index contributed by atoms with van der Waals surface area (Å²) in [7, 11) is 0. The summed E-state index contributed by atoms with van der Waals surface area (Å²) in [6.45, 7) is -0.405. The fourth-order valence-corrected chi connectivity index (χ4v) is 2.62. The molecular formula is C12H16N2O5. The number of ether oxygens (including phenoxy) is 1. The van der Waals surface area contributed by atoms with E-state index in [0.29, 0.717) is 0 Å². The number of fused-ring (bicyclic) bond motifs is 1. The molecule has 0 bridgehead atoms. The minimum Gasteiger partial charge on any atom is -0.394 e. The zero-order chi connectivity index (χ0) is 13.6. The molecule has 1 fully saturated rings. The molecule has 0 radical (unpaired) electrons. The second-order valence-corrected chi connectivity index (χ2v) is 4.92. The van der Waals surface area contributed by atoms with E-state index in [1.165, 1.54) is 4.90 Å². The highest BCUT2D eigenvalue weighted by Crippen LogP contribution is 2.29. The Morgan fingerprint density at radius 3 is 2.89 bits per heavy atom. The first-order valence-electron chi connectivity index (χ1n) is 6.19. The molecule has 104 valence electrons. The minimum absolute atomic E-state index is 0.0270.